The van der Waals surface area contributed by atoms with Crippen molar-refractivity contribution >= 4 is 17.5 Å². The fraction of sp³-hybridized carbons (Fsp3) is 0.333. The van der Waals surface area contributed by atoms with Crippen molar-refractivity contribution in [3.8, 4) is 5.75 Å². The minimum Gasteiger partial charge on any atom is -0.491 e. The van der Waals surface area contributed by atoms with Crippen LogP contribution in [0.2, 0.25) is 0 Å². The summed E-state index contributed by atoms with van der Waals surface area (Å²) in [5, 5.41) is 5.32. The van der Waals surface area contributed by atoms with Crippen LogP contribution < -0.4 is 15.4 Å². The Morgan fingerprint density at radius 1 is 0.923 bits per heavy atom. The van der Waals surface area contributed by atoms with E-state index in [2.05, 4.69) is 10.6 Å². The lowest BCUT2D eigenvalue weighted by Crippen LogP contribution is -2.35. The molecule has 0 atom stereocenters. The zero-order valence-electron chi connectivity index (χ0n) is 15.7. The predicted octanol–water partition coefficient (Wildman–Crippen LogP) is 3.85. The zero-order valence-corrected chi connectivity index (χ0v) is 15.7. The SMILES string of the molecule is CC(C)Oc1ccc(CNC(=O)C(=O)Nc2ccccc2C(C)C)cc1. The van der Waals surface area contributed by atoms with E-state index in [-0.39, 0.29) is 18.6 Å². The molecule has 2 rings (SSSR count). The molecule has 0 fully saturated rings. The molecule has 138 valence electrons. The standard InChI is InChI=1S/C21H26N2O3/c1-14(2)18-7-5-6-8-19(18)23-21(25)20(24)22-13-16-9-11-17(12-10-16)26-15(3)4/h5-12,14-15H,13H2,1-4H3,(H,22,24)(H,23,25). The molecule has 0 heterocycles. The molecule has 0 aliphatic carbocycles. The van der Waals surface area contributed by atoms with Crippen molar-refractivity contribution in [2.24, 2.45) is 0 Å². The van der Waals surface area contributed by atoms with Gasteiger partial charge >= 0.3 is 11.8 Å². The molecule has 0 aliphatic rings. The molecule has 2 aromatic rings. The van der Waals surface area contributed by atoms with Crippen LogP contribution in [0.15, 0.2) is 48.5 Å². The van der Waals surface area contributed by atoms with Gasteiger partial charge in [-0.2, -0.15) is 0 Å². The van der Waals surface area contributed by atoms with E-state index in [9.17, 15) is 9.59 Å². The van der Waals surface area contributed by atoms with Crippen molar-refractivity contribution in [2.75, 3.05) is 5.32 Å². The number of hydrogen-bond acceptors (Lipinski definition) is 3. The fourth-order valence-corrected chi connectivity index (χ4v) is 2.51. The van der Waals surface area contributed by atoms with Gasteiger partial charge in [-0.25, -0.2) is 0 Å². The Morgan fingerprint density at radius 2 is 1.58 bits per heavy atom. The number of ether oxygens (including phenoxy) is 1. The van der Waals surface area contributed by atoms with Crippen LogP contribution in [0.1, 0.15) is 44.7 Å². The maximum Gasteiger partial charge on any atom is 0.313 e. The molecule has 0 aromatic heterocycles. The summed E-state index contributed by atoms with van der Waals surface area (Å²) in [5.41, 5.74) is 2.55. The largest absolute Gasteiger partial charge is 0.491 e. The first-order chi connectivity index (χ1) is 12.4. The smallest absolute Gasteiger partial charge is 0.313 e. The van der Waals surface area contributed by atoms with Crippen LogP contribution >= 0.6 is 0 Å². The molecule has 0 saturated heterocycles. The van der Waals surface area contributed by atoms with E-state index >= 15 is 0 Å². The summed E-state index contributed by atoms with van der Waals surface area (Å²) in [4.78, 5) is 24.2. The molecule has 0 radical (unpaired) electrons. The second-order valence-corrected chi connectivity index (χ2v) is 6.69. The molecule has 2 N–H and O–H groups in total. The molecule has 0 spiro atoms. The second kappa shape index (κ2) is 9.04. The predicted molar refractivity (Wildman–Crippen MR) is 103 cm³/mol. The van der Waals surface area contributed by atoms with Crippen LogP contribution in [-0.2, 0) is 16.1 Å². The van der Waals surface area contributed by atoms with Gasteiger partial charge in [0.15, 0.2) is 0 Å². The van der Waals surface area contributed by atoms with Crippen molar-refractivity contribution in [2.45, 2.75) is 46.3 Å². The Bertz CT molecular complexity index is 752. The number of rotatable bonds is 6. The highest BCUT2D eigenvalue weighted by atomic mass is 16.5. The summed E-state index contributed by atoms with van der Waals surface area (Å²) in [5.74, 6) is -0.303. The molecule has 26 heavy (non-hydrogen) atoms. The van der Waals surface area contributed by atoms with Crippen LogP contribution in [-0.4, -0.2) is 17.9 Å². The Balaban J connectivity index is 1.90. The van der Waals surface area contributed by atoms with Crippen molar-refractivity contribution < 1.29 is 14.3 Å². The number of nitrogens with one attached hydrogen (secondary N) is 2. The summed E-state index contributed by atoms with van der Waals surface area (Å²) >= 11 is 0. The molecular weight excluding hydrogens is 328 g/mol. The van der Waals surface area contributed by atoms with Gasteiger partial charge in [-0.3, -0.25) is 9.59 Å². The van der Waals surface area contributed by atoms with Gasteiger partial charge in [-0.05, 0) is 49.1 Å². The third-order valence-electron chi connectivity index (χ3n) is 3.79. The summed E-state index contributed by atoms with van der Waals surface area (Å²) in [7, 11) is 0. The van der Waals surface area contributed by atoms with Gasteiger partial charge in [0.2, 0.25) is 0 Å². The van der Waals surface area contributed by atoms with Crippen molar-refractivity contribution in [1.82, 2.24) is 5.32 Å². The van der Waals surface area contributed by atoms with Gasteiger partial charge in [0.05, 0.1) is 6.10 Å². The van der Waals surface area contributed by atoms with Crippen LogP contribution in [0, 0.1) is 0 Å². The lowest BCUT2D eigenvalue weighted by molar-refractivity contribution is -0.136. The van der Waals surface area contributed by atoms with E-state index in [0.29, 0.717) is 5.69 Å². The Morgan fingerprint density at radius 3 is 2.19 bits per heavy atom. The number of carbonyl (C=O) groups is 2. The summed E-state index contributed by atoms with van der Waals surface area (Å²) in [6, 6.07) is 14.9. The second-order valence-electron chi connectivity index (χ2n) is 6.69. The van der Waals surface area contributed by atoms with Gasteiger partial charge in [-0.1, -0.05) is 44.2 Å². The summed E-state index contributed by atoms with van der Waals surface area (Å²) < 4.78 is 5.58. The molecule has 2 aromatic carbocycles. The third-order valence-corrected chi connectivity index (χ3v) is 3.79. The maximum atomic E-state index is 12.1. The Hall–Kier alpha value is -2.82. The van der Waals surface area contributed by atoms with Crippen molar-refractivity contribution in [3.05, 3.63) is 59.7 Å². The number of hydrogen-bond donors (Lipinski definition) is 2. The lowest BCUT2D eigenvalue weighted by Gasteiger charge is -2.13. The molecule has 2 amide bonds. The average Bonchev–Trinajstić information content (AvgIpc) is 2.60. The molecule has 0 unspecified atom stereocenters. The molecular formula is C21H26N2O3. The van der Waals surface area contributed by atoms with E-state index in [1.165, 1.54) is 0 Å². The molecule has 5 nitrogen and oxygen atoms in total. The van der Waals surface area contributed by atoms with Gasteiger partial charge in [-0.15, -0.1) is 0 Å². The van der Waals surface area contributed by atoms with Gasteiger partial charge < -0.3 is 15.4 Å². The third kappa shape index (κ3) is 5.62. The first-order valence-electron chi connectivity index (χ1n) is 8.80. The Labute approximate surface area is 154 Å². The van der Waals surface area contributed by atoms with Gasteiger partial charge in [0.1, 0.15) is 5.75 Å². The monoisotopic (exact) mass is 354 g/mol. The topological polar surface area (TPSA) is 67.4 Å². The van der Waals surface area contributed by atoms with Crippen LogP contribution in [0.3, 0.4) is 0 Å². The molecule has 0 aliphatic heterocycles. The summed E-state index contributed by atoms with van der Waals surface area (Å²) in [6.45, 7) is 8.28. The van der Waals surface area contributed by atoms with Crippen LogP contribution in [0.4, 0.5) is 5.69 Å². The van der Waals surface area contributed by atoms with Gasteiger partial charge in [0, 0.05) is 12.2 Å². The number of anilines is 1. The molecule has 0 bridgehead atoms. The fourth-order valence-electron chi connectivity index (χ4n) is 2.51. The Kier molecular flexibility index (Phi) is 6.78. The molecule has 0 saturated carbocycles. The van der Waals surface area contributed by atoms with E-state index in [4.69, 9.17) is 4.74 Å². The van der Waals surface area contributed by atoms with Crippen molar-refractivity contribution in [1.29, 1.82) is 0 Å². The lowest BCUT2D eigenvalue weighted by atomic mass is 10.0. The van der Waals surface area contributed by atoms with Gasteiger partial charge in [0.25, 0.3) is 0 Å². The highest BCUT2D eigenvalue weighted by molar-refractivity contribution is 6.39. The minimum atomic E-state index is -0.669. The van der Waals surface area contributed by atoms with Crippen LogP contribution in [0.25, 0.3) is 0 Å². The molecule has 5 heteroatoms. The number of carbonyl (C=O) groups excluding carboxylic acids is 2. The normalized spacial score (nSPS) is 10.7. The number of para-hydroxylation sites is 1. The highest BCUT2D eigenvalue weighted by Gasteiger charge is 2.15. The highest BCUT2D eigenvalue weighted by Crippen LogP contribution is 2.23. The number of benzene rings is 2. The first-order valence-corrected chi connectivity index (χ1v) is 8.80. The summed E-state index contributed by atoms with van der Waals surface area (Å²) in [6.07, 6.45) is 0.109. The maximum absolute atomic E-state index is 12.1. The van der Waals surface area contributed by atoms with E-state index in [1.807, 2.05) is 70.2 Å². The number of amides is 2. The van der Waals surface area contributed by atoms with E-state index in [0.717, 1.165) is 16.9 Å². The van der Waals surface area contributed by atoms with E-state index in [1.54, 1.807) is 6.07 Å². The zero-order chi connectivity index (χ0) is 19.1. The average molecular weight is 354 g/mol. The van der Waals surface area contributed by atoms with Crippen LogP contribution in [0.5, 0.6) is 5.75 Å². The van der Waals surface area contributed by atoms with Crippen molar-refractivity contribution in [3.63, 3.8) is 0 Å². The minimum absolute atomic E-state index is 0.109. The first kappa shape index (κ1) is 19.5. The quantitative estimate of drug-likeness (QED) is 0.774. The van der Waals surface area contributed by atoms with E-state index < -0.39 is 11.8 Å².